The fourth-order valence-corrected chi connectivity index (χ4v) is 5.72. The van der Waals surface area contributed by atoms with Gasteiger partial charge in [-0.15, -0.1) is 0 Å². The fourth-order valence-electron chi connectivity index (χ4n) is 4.66. The molecule has 1 saturated carbocycles. The van der Waals surface area contributed by atoms with E-state index in [1.165, 1.54) is 22.8 Å². The highest BCUT2D eigenvalue weighted by Crippen LogP contribution is 2.30. The van der Waals surface area contributed by atoms with Gasteiger partial charge in [-0.05, 0) is 54.7 Å². The smallest absolute Gasteiger partial charge is 0.333 e. The van der Waals surface area contributed by atoms with Gasteiger partial charge in [-0.1, -0.05) is 48.5 Å². The molecule has 0 amide bonds. The number of hydrogen-bond donors (Lipinski definition) is 2. The lowest BCUT2D eigenvalue weighted by molar-refractivity contribution is 0.548. The zero-order valence-corrected chi connectivity index (χ0v) is 22.2. The maximum absolute atomic E-state index is 14.3. The van der Waals surface area contributed by atoms with Gasteiger partial charge in [0.2, 0.25) is 0 Å². The van der Waals surface area contributed by atoms with E-state index in [0.29, 0.717) is 24.0 Å². The molecule has 0 aliphatic heterocycles. The van der Waals surface area contributed by atoms with Gasteiger partial charge in [0.05, 0.1) is 11.4 Å². The van der Waals surface area contributed by atoms with E-state index in [9.17, 15) is 22.4 Å². The summed E-state index contributed by atoms with van der Waals surface area (Å²) in [5, 5.41) is 0. The fraction of sp³-hybridized carbons (Fsp3) is 0.207. The first-order valence-electron chi connectivity index (χ1n) is 12.9. The number of rotatable bonds is 9. The molecule has 5 aromatic rings. The molecular formula is C29H26FN5O4S. The van der Waals surface area contributed by atoms with Crippen molar-refractivity contribution in [1.29, 1.82) is 0 Å². The largest absolute Gasteiger partial charge is 0.336 e. The van der Waals surface area contributed by atoms with Crippen LogP contribution in [0.1, 0.15) is 29.8 Å². The van der Waals surface area contributed by atoms with Crippen LogP contribution in [0.5, 0.6) is 0 Å². The van der Waals surface area contributed by atoms with E-state index < -0.39 is 27.1 Å². The summed E-state index contributed by atoms with van der Waals surface area (Å²) in [6.45, 7) is 0.240. The van der Waals surface area contributed by atoms with Gasteiger partial charge in [-0.2, -0.15) is 0 Å². The lowest BCUT2D eigenvalue weighted by atomic mass is 10.1. The highest BCUT2D eigenvalue weighted by molar-refractivity contribution is 7.92. The summed E-state index contributed by atoms with van der Waals surface area (Å²) in [7, 11) is -3.76. The molecule has 2 heterocycles. The minimum absolute atomic E-state index is 0.110. The molecule has 0 bridgehead atoms. The summed E-state index contributed by atoms with van der Waals surface area (Å²) >= 11 is 0. The van der Waals surface area contributed by atoms with Crippen LogP contribution in [0.4, 0.5) is 10.1 Å². The van der Waals surface area contributed by atoms with Crippen LogP contribution in [0.25, 0.3) is 11.2 Å². The van der Waals surface area contributed by atoms with E-state index in [2.05, 4.69) is 14.7 Å². The second kappa shape index (κ2) is 10.2. The van der Waals surface area contributed by atoms with Gasteiger partial charge >= 0.3 is 5.69 Å². The zero-order valence-electron chi connectivity index (χ0n) is 21.4. The van der Waals surface area contributed by atoms with Crippen molar-refractivity contribution in [2.24, 2.45) is 5.92 Å². The van der Waals surface area contributed by atoms with Gasteiger partial charge in [-0.3, -0.25) is 18.7 Å². The molecule has 0 atom stereocenters. The molecule has 1 fully saturated rings. The first-order valence-corrected chi connectivity index (χ1v) is 14.4. The number of nitrogens with one attached hydrogen (secondary N) is 2. The Balaban J connectivity index is 1.31. The standard InChI is InChI=1S/C29H26FN5O4S/c30-24-9-5-4-6-21(24)18-35-28(36)26-27(34(29(35)37)17-20-10-11-20)32-25(31-26)16-19-12-14-23(15-13-19)40(38,39)33-22-7-2-1-3-8-22/h1-9,12-15,20,33H,10-11,16-18H2,(H,31,32). The van der Waals surface area contributed by atoms with Gasteiger partial charge in [0, 0.05) is 24.2 Å². The highest BCUT2D eigenvalue weighted by Gasteiger charge is 2.26. The maximum atomic E-state index is 14.3. The van der Waals surface area contributed by atoms with E-state index in [0.717, 1.165) is 23.0 Å². The number of para-hydroxylation sites is 1. The van der Waals surface area contributed by atoms with Gasteiger partial charge < -0.3 is 4.98 Å². The number of aromatic amines is 1. The second-order valence-electron chi connectivity index (χ2n) is 9.99. The van der Waals surface area contributed by atoms with Crippen molar-refractivity contribution in [2.75, 3.05) is 4.72 Å². The Kier molecular flexibility index (Phi) is 6.59. The van der Waals surface area contributed by atoms with Crippen molar-refractivity contribution in [3.8, 4) is 0 Å². The number of aromatic nitrogens is 4. The molecule has 0 spiro atoms. The SMILES string of the molecule is O=c1c2[nH]c(Cc3ccc(S(=O)(=O)Nc4ccccc4)cc3)nc2n(CC2CC2)c(=O)n1Cc1ccccc1F. The van der Waals surface area contributed by atoms with E-state index in [-0.39, 0.29) is 34.6 Å². The Morgan fingerprint density at radius 3 is 2.33 bits per heavy atom. The summed E-state index contributed by atoms with van der Waals surface area (Å²) < 4.78 is 44.9. The Morgan fingerprint density at radius 2 is 1.62 bits per heavy atom. The maximum Gasteiger partial charge on any atom is 0.333 e. The molecule has 0 saturated heterocycles. The molecule has 3 aromatic carbocycles. The summed E-state index contributed by atoms with van der Waals surface area (Å²) in [6, 6.07) is 21.1. The minimum Gasteiger partial charge on any atom is -0.336 e. The quantitative estimate of drug-likeness (QED) is 0.284. The van der Waals surface area contributed by atoms with E-state index >= 15 is 0 Å². The Morgan fingerprint density at radius 1 is 0.925 bits per heavy atom. The van der Waals surface area contributed by atoms with Gasteiger partial charge in [0.25, 0.3) is 15.6 Å². The minimum atomic E-state index is -3.76. The van der Waals surface area contributed by atoms with Crippen LogP contribution in [-0.2, 0) is 29.5 Å². The number of nitrogens with zero attached hydrogens (tertiary/aromatic N) is 3. The van der Waals surface area contributed by atoms with Crippen LogP contribution in [-0.4, -0.2) is 27.5 Å². The molecule has 11 heteroatoms. The van der Waals surface area contributed by atoms with E-state index in [1.807, 2.05) is 0 Å². The lowest BCUT2D eigenvalue weighted by Crippen LogP contribution is -2.40. The third kappa shape index (κ3) is 5.20. The van der Waals surface area contributed by atoms with Crippen LogP contribution in [0, 0.1) is 11.7 Å². The molecule has 1 aliphatic carbocycles. The zero-order chi connectivity index (χ0) is 27.9. The predicted octanol–water partition coefficient (Wildman–Crippen LogP) is 3.88. The van der Waals surface area contributed by atoms with E-state index in [4.69, 9.17) is 0 Å². The van der Waals surface area contributed by atoms with Crippen molar-refractivity contribution < 1.29 is 12.8 Å². The third-order valence-corrected chi connectivity index (χ3v) is 8.36. The molecule has 6 rings (SSSR count). The number of hydrogen-bond acceptors (Lipinski definition) is 5. The number of halogens is 1. The van der Waals surface area contributed by atoms with Crippen molar-refractivity contribution in [2.45, 2.75) is 37.2 Å². The average Bonchev–Trinajstić information content (AvgIpc) is 3.67. The molecule has 1 aliphatic rings. The average molecular weight is 560 g/mol. The molecule has 2 aromatic heterocycles. The highest BCUT2D eigenvalue weighted by atomic mass is 32.2. The van der Waals surface area contributed by atoms with Crippen LogP contribution in [0.2, 0.25) is 0 Å². The van der Waals surface area contributed by atoms with Crippen molar-refractivity contribution in [3.05, 3.63) is 122 Å². The van der Waals surface area contributed by atoms with Gasteiger partial charge in [0.15, 0.2) is 5.65 Å². The van der Waals surface area contributed by atoms with Gasteiger partial charge in [0.1, 0.15) is 17.2 Å². The van der Waals surface area contributed by atoms with Crippen molar-refractivity contribution >= 4 is 26.9 Å². The van der Waals surface area contributed by atoms with Crippen LogP contribution >= 0.6 is 0 Å². The summed E-state index contributed by atoms with van der Waals surface area (Å²) in [5.41, 5.74) is 0.835. The molecule has 204 valence electrons. The predicted molar refractivity (Wildman–Crippen MR) is 149 cm³/mol. The molecule has 40 heavy (non-hydrogen) atoms. The molecule has 2 N–H and O–H groups in total. The molecular weight excluding hydrogens is 533 g/mol. The summed E-state index contributed by atoms with van der Waals surface area (Å²) in [5.74, 6) is 0.300. The first-order chi connectivity index (χ1) is 19.3. The van der Waals surface area contributed by atoms with E-state index in [1.54, 1.807) is 60.7 Å². The number of benzene rings is 3. The Hall–Kier alpha value is -4.51. The number of imidazole rings is 1. The van der Waals surface area contributed by atoms with Crippen molar-refractivity contribution in [3.63, 3.8) is 0 Å². The van der Waals surface area contributed by atoms with Crippen LogP contribution in [0.3, 0.4) is 0 Å². The number of anilines is 1. The van der Waals surface area contributed by atoms with Gasteiger partial charge in [-0.25, -0.2) is 22.6 Å². The molecule has 0 unspecified atom stereocenters. The lowest BCUT2D eigenvalue weighted by Gasteiger charge is -2.11. The summed E-state index contributed by atoms with van der Waals surface area (Å²) in [6.07, 6.45) is 2.27. The topological polar surface area (TPSA) is 119 Å². The van der Waals surface area contributed by atoms with Crippen LogP contribution < -0.4 is 16.0 Å². The molecule has 0 radical (unpaired) electrons. The normalized spacial score (nSPS) is 13.5. The van der Waals surface area contributed by atoms with Crippen LogP contribution in [0.15, 0.2) is 93.3 Å². The number of H-pyrrole nitrogens is 1. The first kappa shape index (κ1) is 25.8. The molecule has 9 nitrogen and oxygen atoms in total. The Labute approximate surface area is 229 Å². The second-order valence-corrected chi connectivity index (χ2v) is 11.7. The number of sulfonamides is 1. The summed E-state index contributed by atoms with van der Waals surface area (Å²) in [4.78, 5) is 34.5. The Bertz CT molecular complexity index is 1930. The number of fused-ring (bicyclic) bond motifs is 1. The monoisotopic (exact) mass is 559 g/mol. The third-order valence-electron chi connectivity index (χ3n) is 6.97. The van der Waals surface area contributed by atoms with Crippen molar-refractivity contribution in [1.82, 2.24) is 19.1 Å².